The molecule has 3 heterocycles. The van der Waals surface area contributed by atoms with Gasteiger partial charge in [0.05, 0.1) is 40.2 Å². The maximum Gasteiger partial charge on any atom is 0.256 e. The molecule has 5 aromatic rings. The van der Waals surface area contributed by atoms with Crippen molar-refractivity contribution in [2.24, 2.45) is 7.05 Å². The molecule has 0 aliphatic rings. The summed E-state index contributed by atoms with van der Waals surface area (Å²) < 4.78 is 3.59. The molecular weight excluding hydrogens is 448 g/mol. The third-order valence-electron chi connectivity index (χ3n) is 5.86. The first-order valence-corrected chi connectivity index (χ1v) is 11.3. The molecular formula is C26H23ClN6O. The Morgan fingerprint density at radius 2 is 1.91 bits per heavy atom. The highest BCUT2D eigenvalue weighted by Crippen LogP contribution is 2.29. The summed E-state index contributed by atoms with van der Waals surface area (Å²) in [5.41, 5.74) is 6.58. The zero-order chi connectivity index (χ0) is 23.8. The number of hydrogen-bond donors (Lipinski definition) is 1. The molecule has 0 bridgehead atoms. The van der Waals surface area contributed by atoms with Crippen molar-refractivity contribution in [3.8, 4) is 11.3 Å². The Morgan fingerprint density at radius 3 is 2.65 bits per heavy atom. The lowest BCUT2D eigenvalue weighted by Crippen LogP contribution is -2.13. The van der Waals surface area contributed by atoms with Crippen LogP contribution in [0.4, 0.5) is 5.69 Å². The highest BCUT2D eigenvalue weighted by molar-refractivity contribution is 6.30. The molecule has 7 nitrogen and oxygen atoms in total. The van der Waals surface area contributed by atoms with Crippen LogP contribution in [0.25, 0.3) is 22.2 Å². The van der Waals surface area contributed by atoms with Gasteiger partial charge in [0.15, 0.2) is 0 Å². The number of rotatable bonds is 5. The number of amides is 1. The van der Waals surface area contributed by atoms with E-state index in [-0.39, 0.29) is 5.91 Å². The van der Waals surface area contributed by atoms with Gasteiger partial charge in [0.25, 0.3) is 5.91 Å². The molecule has 0 radical (unpaired) electrons. The van der Waals surface area contributed by atoms with Crippen molar-refractivity contribution in [1.29, 1.82) is 0 Å². The Bertz CT molecular complexity index is 1530. The fourth-order valence-corrected chi connectivity index (χ4v) is 4.35. The summed E-state index contributed by atoms with van der Waals surface area (Å²) in [5, 5.41) is 13.2. The predicted octanol–water partition coefficient (Wildman–Crippen LogP) is 5.40. The van der Waals surface area contributed by atoms with E-state index in [4.69, 9.17) is 16.6 Å². The number of para-hydroxylation sites is 1. The number of carbonyl (C=O) groups is 1. The number of fused-ring (bicyclic) bond motifs is 1. The quantitative estimate of drug-likeness (QED) is 0.373. The van der Waals surface area contributed by atoms with Crippen LogP contribution in [-0.4, -0.2) is 30.5 Å². The van der Waals surface area contributed by atoms with Crippen LogP contribution >= 0.6 is 11.6 Å². The lowest BCUT2D eigenvalue weighted by Gasteiger charge is -2.12. The lowest BCUT2D eigenvalue weighted by molar-refractivity contribution is 0.102. The topological polar surface area (TPSA) is 77.6 Å². The number of aromatic nitrogens is 5. The molecule has 1 amide bonds. The SMILES string of the molecule is Cc1nn(C)c(C)c1-c1cc(C(=O)Nc2cccc(Cn3cc(Cl)cn3)c2)c2ccccc2n1. The minimum Gasteiger partial charge on any atom is -0.322 e. The first-order chi connectivity index (χ1) is 16.4. The molecule has 34 heavy (non-hydrogen) atoms. The van der Waals surface area contributed by atoms with Crippen molar-refractivity contribution in [2.75, 3.05) is 5.32 Å². The molecule has 170 valence electrons. The Morgan fingerprint density at radius 1 is 1.09 bits per heavy atom. The number of benzene rings is 2. The molecule has 0 saturated heterocycles. The summed E-state index contributed by atoms with van der Waals surface area (Å²) in [4.78, 5) is 18.3. The molecule has 0 unspecified atom stereocenters. The average molecular weight is 471 g/mol. The number of carbonyl (C=O) groups excluding carboxylic acids is 1. The first kappa shape index (κ1) is 21.9. The van der Waals surface area contributed by atoms with Crippen LogP contribution in [0.2, 0.25) is 5.02 Å². The standard InChI is InChI=1S/C26H23ClN6O/c1-16-25(17(2)32(3)31-16)24-12-22(21-9-4-5-10-23(21)30-24)26(34)29-20-8-6-7-18(11-20)14-33-15-19(27)13-28-33/h4-13,15H,14H2,1-3H3,(H,29,34). The van der Waals surface area contributed by atoms with Crippen LogP contribution in [0, 0.1) is 13.8 Å². The Labute approximate surface area is 202 Å². The van der Waals surface area contributed by atoms with Crippen LogP contribution in [0.15, 0.2) is 67.0 Å². The summed E-state index contributed by atoms with van der Waals surface area (Å²) in [7, 11) is 1.91. The Kier molecular flexibility index (Phi) is 5.63. The van der Waals surface area contributed by atoms with Crippen molar-refractivity contribution in [1.82, 2.24) is 24.5 Å². The highest BCUT2D eigenvalue weighted by Gasteiger charge is 2.18. The van der Waals surface area contributed by atoms with E-state index in [1.54, 1.807) is 17.1 Å². The summed E-state index contributed by atoms with van der Waals surface area (Å²) >= 11 is 5.97. The van der Waals surface area contributed by atoms with E-state index in [1.165, 1.54) is 0 Å². The molecule has 0 aliphatic heterocycles. The minimum atomic E-state index is -0.196. The number of pyridine rings is 1. The van der Waals surface area contributed by atoms with Gasteiger partial charge in [-0.05, 0) is 43.7 Å². The van der Waals surface area contributed by atoms with E-state index in [0.29, 0.717) is 22.8 Å². The van der Waals surface area contributed by atoms with E-state index >= 15 is 0 Å². The number of nitrogens with zero attached hydrogens (tertiary/aromatic N) is 5. The second-order valence-electron chi connectivity index (χ2n) is 8.25. The maximum atomic E-state index is 13.5. The molecule has 3 aromatic heterocycles. The van der Waals surface area contributed by atoms with Crippen LogP contribution in [0.5, 0.6) is 0 Å². The highest BCUT2D eigenvalue weighted by atomic mass is 35.5. The summed E-state index contributed by atoms with van der Waals surface area (Å²) in [6, 6.07) is 17.2. The van der Waals surface area contributed by atoms with Gasteiger partial charge in [-0.2, -0.15) is 10.2 Å². The van der Waals surface area contributed by atoms with Crippen LogP contribution in [-0.2, 0) is 13.6 Å². The second kappa shape index (κ2) is 8.76. The van der Waals surface area contributed by atoms with Gasteiger partial charge in [-0.15, -0.1) is 0 Å². The zero-order valence-corrected chi connectivity index (χ0v) is 19.8. The molecule has 5 rings (SSSR count). The van der Waals surface area contributed by atoms with Crippen molar-refractivity contribution < 1.29 is 4.79 Å². The van der Waals surface area contributed by atoms with Gasteiger partial charge in [-0.25, -0.2) is 4.98 Å². The van der Waals surface area contributed by atoms with E-state index in [9.17, 15) is 4.79 Å². The fraction of sp³-hybridized carbons (Fsp3) is 0.154. The van der Waals surface area contributed by atoms with Crippen LogP contribution in [0.1, 0.15) is 27.3 Å². The van der Waals surface area contributed by atoms with Gasteiger partial charge in [0.2, 0.25) is 0 Å². The van der Waals surface area contributed by atoms with Gasteiger partial charge in [0.1, 0.15) is 0 Å². The normalized spacial score (nSPS) is 11.2. The van der Waals surface area contributed by atoms with Gasteiger partial charge in [-0.3, -0.25) is 14.2 Å². The number of aryl methyl sites for hydroxylation is 2. The predicted molar refractivity (Wildman–Crippen MR) is 134 cm³/mol. The third-order valence-corrected chi connectivity index (χ3v) is 6.05. The van der Waals surface area contributed by atoms with Crippen LogP contribution < -0.4 is 5.32 Å². The molecule has 1 N–H and O–H groups in total. The van der Waals surface area contributed by atoms with Gasteiger partial charge < -0.3 is 5.32 Å². The number of hydrogen-bond acceptors (Lipinski definition) is 4. The lowest BCUT2D eigenvalue weighted by atomic mass is 10.0. The molecule has 0 fully saturated rings. The van der Waals surface area contributed by atoms with Gasteiger partial charge in [0, 0.05) is 35.6 Å². The average Bonchev–Trinajstić information content (AvgIpc) is 3.34. The van der Waals surface area contributed by atoms with Crippen molar-refractivity contribution in [2.45, 2.75) is 20.4 Å². The van der Waals surface area contributed by atoms with E-state index in [0.717, 1.165) is 39.1 Å². The van der Waals surface area contributed by atoms with E-state index in [2.05, 4.69) is 15.5 Å². The summed E-state index contributed by atoms with van der Waals surface area (Å²) in [5.74, 6) is -0.196. The fourth-order valence-electron chi connectivity index (χ4n) is 4.19. The molecule has 0 spiro atoms. The summed E-state index contributed by atoms with van der Waals surface area (Å²) in [6.45, 7) is 4.51. The maximum absolute atomic E-state index is 13.5. The van der Waals surface area contributed by atoms with E-state index in [1.807, 2.05) is 80.2 Å². The summed E-state index contributed by atoms with van der Waals surface area (Å²) in [6.07, 6.45) is 3.37. The third kappa shape index (κ3) is 4.18. The number of nitrogens with one attached hydrogen (secondary N) is 1. The minimum absolute atomic E-state index is 0.196. The smallest absolute Gasteiger partial charge is 0.256 e. The molecule has 0 atom stereocenters. The van der Waals surface area contributed by atoms with Crippen LogP contribution in [0.3, 0.4) is 0 Å². The number of halogens is 1. The first-order valence-electron chi connectivity index (χ1n) is 10.9. The van der Waals surface area contributed by atoms with Crippen molar-refractivity contribution in [3.05, 3.63) is 94.5 Å². The van der Waals surface area contributed by atoms with Gasteiger partial charge >= 0.3 is 0 Å². The largest absolute Gasteiger partial charge is 0.322 e. The second-order valence-corrected chi connectivity index (χ2v) is 8.69. The molecule has 8 heteroatoms. The molecule has 2 aromatic carbocycles. The number of anilines is 1. The zero-order valence-electron chi connectivity index (χ0n) is 19.1. The molecule has 0 saturated carbocycles. The Hall–Kier alpha value is -3.97. The Balaban J connectivity index is 1.50. The van der Waals surface area contributed by atoms with E-state index < -0.39 is 0 Å². The van der Waals surface area contributed by atoms with Gasteiger partial charge in [-0.1, -0.05) is 41.9 Å². The molecule has 0 aliphatic carbocycles. The monoisotopic (exact) mass is 470 g/mol. The van der Waals surface area contributed by atoms with Crippen molar-refractivity contribution >= 4 is 34.1 Å². The van der Waals surface area contributed by atoms with Crippen molar-refractivity contribution in [3.63, 3.8) is 0 Å².